The van der Waals surface area contributed by atoms with Gasteiger partial charge in [-0.1, -0.05) is 17.3 Å². The molecule has 2 rings (SSSR count). The number of ether oxygens (including phenoxy) is 1. The van der Waals surface area contributed by atoms with E-state index in [0.717, 1.165) is 9.13 Å². The first-order chi connectivity index (χ1) is 7.72. The van der Waals surface area contributed by atoms with Crippen LogP contribution in [-0.2, 0) is 4.74 Å². The van der Waals surface area contributed by atoms with Crippen LogP contribution in [-0.4, -0.2) is 23.2 Å². The number of benzene rings is 1. The minimum atomic E-state index is -0.635. The predicted molar refractivity (Wildman–Crippen MR) is 63.8 cm³/mol. The standard InChI is InChI=1S/C10H7IN2O3/c1-15-10(14)9-12-8(13-16-9)6-4-2-3-5-7(6)11/h2-5H,1H3. The van der Waals surface area contributed by atoms with Crippen molar-refractivity contribution < 1.29 is 14.1 Å². The van der Waals surface area contributed by atoms with Crippen LogP contribution in [0.5, 0.6) is 0 Å². The second-order valence-electron chi connectivity index (χ2n) is 2.89. The first kappa shape index (κ1) is 11.1. The number of carbonyl (C=O) groups excluding carboxylic acids is 1. The van der Waals surface area contributed by atoms with E-state index < -0.39 is 5.97 Å². The third kappa shape index (κ3) is 2.06. The summed E-state index contributed by atoms with van der Waals surface area (Å²) in [5.41, 5.74) is 0.821. The highest BCUT2D eigenvalue weighted by atomic mass is 127. The molecule has 0 saturated carbocycles. The van der Waals surface area contributed by atoms with Crippen LogP contribution in [0.4, 0.5) is 0 Å². The van der Waals surface area contributed by atoms with Crippen molar-refractivity contribution in [2.24, 2.45) is 0 Å². The molecule has 0 unspecified atom stereocenters. The average Bonchev–Trinajstić information content (AvgIpc) is 2.78. The summed E-state index contributed by atoms with van der Waals surface area (Å²) in [6.07, 6.45) is 0. The Kier molecular flexibility index (Phi) is 3.18. The summed E-state index contributed by atoms with van der Waals surface area (Å²) >= 11 is 2.16. The van der Waals surface area contributed by atoms with Crippen molar-refractivity contribution in [2.75, 3.05) is 7.11 Å². The normalized spacial score (nSPS) is 10.1. The van der Waals surface area contributed by atoms with Gasteiger partial charge in [0.25, 0.3) is 0 Å². The van der Waals surface area contributed by atoms with Gasteiger partial charge in [-0.25, -0.2) is 4.79 Å². The van der Waals surface area contributed by atoms with Crippen molar-refractivity contribution in [2.45, 2.75) is 0 Å². The minimum absolute atomic E-state index is 0.142. The van der Waals surface area contributed by atoms with E-state index in [2.05, 4.69) is 37.5 Å². The smallest absolute Gasteiger partial charge is 0.397 e. The summed E-state index contributed by atoms with van der Waals surface area (Å²) in [6, 6.07) is 7.55. The molecule has 1 heterocycles. The molecule has 0 amide bonds. The molecule has 0 aliphatic carbocycles. The van der Waals surface area contributed by atoms with Crippen LogP contribution >= 0.6 is 22.6 Å². The number of aromatic nitrogens is 2. The van der Waals surface area contributed by atoms with E-state index in [9.17, 15) is 4.79 Å². The number of halogens is 1. The molecule has 0 aliphatic rings. The topological polar surface area (TPSA) is 65.2 Å². The van der Waals surface area contributed by atoms with Crippen LogP contribution in [0.3, 0.4) is 0 Å². The van der Waals surface area contributed by atoms with E-state index in [0.29, 0.717) is 5.82 Å². The molecule has 0 N–H and O–H groups in total. The molecule has 0 bridgehead atoms. The van der Waals surface area contributed by atoms with Crippen molar-refractivity contribution in [1.82, 2.24) is 10.1 Å². The number of carbonyl (C=O) groups is 1. The van der Waals surface area contributed by atoms with E-state index in [1.807, 2.05) is 24.3 Å². The molecule has 0 spiro atoms. The monoisotopic (exact) mass is 330 g/mol. The van der Waals surface area contributed by atoms with Gasteiger partial charge in [-0.3, -0.25) is 0 Å². The Morgan fingerprint density at radius 2 is 2.19 bits per heavy atom. The minimum Gasteiger partial charge on any atom is -0.462 e. The summed E-state index contributed by atoms with van der Waals surface area (Å²) in [7, 11) is 1.26. The molecule has 1 aromatic heterocycles. The summed E-state index contributed by atoms with van der Waals surface area (Å²) in [6.45, 7) is 0. The van der Waals surface area contributed by atoms with Crippen LogP contribution in [0.1, 0.15) is 10.7 Å². The molecular formula is C10H7IN2O3. The highest BCUT2D eigenvalue weighted by Gasteiger charge is 2.17. The molecule has 0 aliphatic heterocycles. The van der Waals surface area contributed by atoms with Gasteiger partial charge < -0.3 is 9.26 Å². The maximum absolute atomic E-state index is 11.1. The van der Waals surface area contributed by atoms with Crippen LogP contribution in [0.25, 0.3) is 11.4 Å². The Morgan fingerprint density at radius 3 is 2.88 bits per heavy atom. The van der Waals surface area contributed by atoms with Crippen LogP contribution in [0.15, 0.2) is 28.8 Å². The molecule has 5 nitrogen and oxygen atoms in total. The van der Waals surface area contributed by atoms with Gasteiger partial charge in [-0.05, 0) is 34.7 Å². The largest absolute Gasteiger partial charge is 0.462 e. The highest BCUT2D eigenvalue weighted by Crippen LogP contribution is 2.22. The van der Waals surface area contributed by atoms with Crippen molar-refractivity contribution in [3.63, 3.8) is 0 Å². The van der Waals surface area contributed by atoms with Gasteiger partial charge >= 0.3 is 11.9 Å². The second kappa shape index (κ2) is 4.60. The zero-order valence-corrected chi connectivity index (χ0v) is 10.5. The first-order valence-electron chi connectivity index (χ1n) is 4.39. The lowest BCUT2D eigenvalue weighted by atomic mass is 10.2. The van der Waals surface area contributed by atoms with Gasteiger partial charge in [0.15, 0.2) is 0 Å². The lowest BCUT2D eigenvalue weighted by molar-refractivity contribution is 0.0545. The molecule has 0 saturated heterocycles. The summed E-state index contributed by atoms with van der Waals surface area (Å²) in [4.78, 5) is 15.1. The zero-order chi connectivity index (χ0) is 11.5. The van der Waals surface area contributed by atoms with Gasteiger partial charge in [0, 0.05) is 9.13 Å². The van der Waals surface area contributed by atoms with Gasteiger partial charge in [0.2, 0.25) is 5.82 Å². The van der Waals surface area contributed by atoms with E-state index in [4.69, 9.17) is 4.52 Å². The van der Waals surface area contributed by atoms with Crippen LogP contribution in [0.2, 0.25) is 0 Å². The number of nitrogens with zero attached hydrogens (tertiary/aromatic N) is 2. The molecule has 82 valence electrons. The molecule has 6 heteroatoms. The molecule has 0 radical (unpaired) electrons. The van der Waals surface area contributed by atoms with E-state index in [1.54, 1.807) is 0 Å². The number of esters is 1. The zero-order valence-electron chi connectivity index (χ0n) is 8.31. The number of hydrogen-bond donors (Lipinski definition) is 0. The molecule has 0 atom stereocenters. The number of hydrogen-bond acceptors (Lipinski definition) is 5. The van der Waals surface area contributed by atoms with Gasteiger partial charge in [-0.2, -0.15) is 4.98 Å². The fourth-order valence-electron chi connectivity index (χ4n) is 1.15. The van der Waals surface area contributed by atoms with E-state index >= 15 is 0 Å². The lowest BCUT2D eigenvalue weighted by Crippen LogP contribution is -2.01. The second-order valence-corrected chi connectivity index (χ2v) is 4.06. The molecule has 0 fully saturated rings. The molecule has 16 heavy (non-hydrogen) atoms. The Balaban J connectivity index is 2.39. The third-order valence-electron chi connectivity index (χ3n) is 1.90. The van der Waals surface area contributed by atoms with Crippen LogP contribution < -0.4 is 0 Å². The van der Waals surface area contributed by atoms with Crippen LogP contribution in [0, 0.1) is 3.57 Å². The maximum Gasteiger partial charge on any atom is 0.397 e. The quantitative estimate of drug-likeness (QED) is 0.623. The molecule has 2 aromatic rings. The summed E-state index contributed by atoms with van der Waals surface area (Å²) < 4.78 is 10.3. The summed E-state index contributed by atoms with van der Waals surface area (Å²) in [5, 5.41) is 3.72. The average molecular weight is 330 g/mol. The SMILES string of the molecule is COC(=O)c1nc(-c2ccccc2I)no1. The lowest BCUT2D eigenvalue weighted by Gasteiger charge is -1.96. The van der Waals surface area contributed by atoms with Crippen molar-refractivity contribution in [1.29, 1.82) is 0 Å². The van der Waals surface area contributed by atoms with Crippen molar-refractivity contribution >= 4 is 28.6 Å². The fraction of sp³-hybridized carbons (Fsp3) is 0.100. The Hall–Kier alpha value is -1.44. The fourth-order valence-corrected chi connectivity index (χ4v) is 1.77. The molecular weight excluding hydrogens is 323 g/mol. The first-order valence-corrected chi connectivity index (χ1v) is 5.47. The molecule has 1 aromatic carbocycles. The van der Waals surface area contributed by atoms with Crippen molar-refractivity contribution in [3.8, 4) is 11.4 Å². The third-order valence-corrected chi connectivity index (χ3v) is 2.84. The Morgan fingerprint density at radius 1 is 1.44 bits per heavy atom. The van der Waals surface area contributed by atoms with Gasteiger partial charge in [0.05, 0.1) is 7.11 Å². The number of methoxy groups -OCH3 is 1. The Bertz CT molecular complexity index is 524. The van der Waals surface area contributed by atoms with Gasteiger partial charge in [0.1, 0.15) is 0 Å². The van der Waals surface area contributed by atoms with E-state index in [1.165, 1.54) is 7.11 Å². The predicted octanol–water partition coefficient (Wildman–Crippen LogP) is 2.13. The number of rotatable bonds is 2. The Labute approximate surface area is 105 Å². The van der Waals surface area contributed by atoms with Crippen molar-refractivity contribution in [3.05, 3.63) is 33.7 Å². The van der Waals surface area contributed by atoms with Gasteiger partial charge in [-0.15, -0.1) is 0 Å². The van der Waals surface area contributed by atoms with E-state index in [-0.39, 0.29) is 5.89 Å². The summed E-state index contributed by atoms with van der Waals surface area (Å²) in [5.74, 6) is -0.396. The highest BCUT2D eigenvalue weighted by molar-refractivity contribution is 14.1. The maximum atomic E-state index is 11.1.